The average molecular weight is 498 g/mol. The molecule has 2 heterocycles. The molecule has 33 heavy (non-hydrogen) atoms. The van der Waals surface area contributed by atoms with Crippen LogP contribution in [-0.2, 0) is 6.61 Å². The first kappa shape index (κ1) is 21.4. The van der Waals surface area contributed by atoms with Crippen molar-refractivity contribution in [1.82, 2.24) is 9.38 Å². The van der Waals surface area contributed by atoms with Crippen LogP contribution in [0, 0.1) is 10.1 Å². The van der Waals surface area contributed by atoms with Gasteiger partial charge in [-0.15, -0.1) is 0 Å². The second-order valence-electron chi connectivity index (χ2n) is 7.16. The summed E-state index contributed by atoms with van der Waals surface area (Å²) in [5, 5.41) is 11.3. The Hall–Kier alpha value is -3.46. The Morgan fingerprint density at radius 3 is 2.48 bits per heavy atom. The van der Waals surface area contributed by atoms with E-state index < -0.39 is 4.92 Å². The highest BCUT2D eigenvalue weighted by Crippen LogP contribution is 2.35. The van der Waals surface area contributed by atoms with Crippen molar-refractivity contribution in [2.75, 3.05) is 0 Å². The number of hydrogen-bond donors (Lipinski definition) is 0. The molecule has 0 aliphatic carbocycles. The van der Waals surface area contributed by atoms with E-state index in [1.807, 2.05) is 24.3 Å². The summed E-state index contributed by atoms with van der Waals surface area (Å²) in [6.45, 7) is 0.139. The van der Waals surface area contributed by atoms with Crippen LogP contribution in [0.15, 0.2) is 65.5 Å². The van der Waals surface area contributed by atoms with Gasteiger partial charge in [-0.1, -0.05) is 46.7 Å². The highest BCUT2D eigenvalue weighted by molar-refractivity contribution is 7.15. The number of nitrogens with zero attached hydrogens (tertiary/aromatic N) is 3. The maximum absolute atomic E-state index is 12.9. The van der Waals surface area contributed by atoms with Gasteiger partial charge >= 0.3 is 0 Å². The minimum absolute atomic E-state index is 0.00134. The van der Waals surface area contributed by atoms with Gasteiger partial charge in [-0.25, -0.2) is 9.38 Å². The van der Waals surface area contributed by atoms with Gasteiger partial charge in [-0.3, -0.25) is 14.9 Å². The molecular formula is C23H13Cl2N3O4S. The van der Waals surface area contributed by atoms with Crippen molar-refractivity contribution in [3.05, 3.63) is 107 Å². The second kappa shape index (κ2) is 8.47. The van der Waals surface area contributed by atoms with E-state index in [1.165, 1.54) is 23.5 Å². The average Bonchev–Trinajstić information content (AvgIpc) is 3.29. The molecule has 0 N–H and O–H groups in total. The molecule has 5 aromatic rings. The van der Waals surface area contributed by atoms with Crippen molar-refractivity contribution in [1.29, 1.82) is 0 Å². The molecule has 5 rings (SSSR count). The van der Waals surface area contributed by atoms with Crippen LogP contribution in [0.5, 0.6) is 5.75 Å². The molecule has 164 valence electrons. The van der Waals surface area contributed by atoms with Gasteiger partial charge in [0.1, 0.15) is 6.61 Å². The maximum atomic E-state index is 12.9. The van der Waals surface area contributed by atoms with E-state index in [9.17, 15) is 14.9 Å². The van der Waals surface area contributed by atoms with Crippen molar-refractivity contribution in [3.8, 4) is 5.75 Å². The molecule has 2 aromatic heterocycles. The lowest BCUT2D eigenvalue weighted by Crippen LogP contribution is -2.22. The zero-order chi connectivity index (χ0) is 23.1. The van der Waals surface area contributed by atoms with E-state index >= 15 is 0 Å². The molecular weight excluding hydrogens is 485 g/mol. The van der Waals surface area contributed by atoms with Crippen molar-refractivity contribution >= 4 is 62.3 Å². The summed E-state index contributed by atoms with van der Waals surface area (Å²) >= 11 is 14.1. The fourth-order valence-electron chi connectivity index (χ4n) is 3.43. The molecule has 0 saturated heterocycles. The van der Waals surface area contributed by atoms with Gasteiger partial charge in [0.15, 0.2) is 10.7 Å². The quantitative estimate of drug-likeness (QED) is 0.244. The summed E-state index contributed by atoms with van der Waals surface area (Å²) in [6.07, 6.45) is 1.72. The van der Waals surface area contributed by atoms with Crippen LogP contribution in [0.25, 0.3) is 22.1 Å². The molecule has 7 nitrogen and oxygen atoms in total. The molecule has 0 saturated carbocycles. The lowest BCUT2D eigenvalue weighted by molar-refractivity contribution is -0.384. The number of halogens is 2. The first-order chi connectivity index (χ1) is 15.9. The number of non-ortho nitro benzene ring substituents is 1. The normalized spacial score (nSPS) is 12.0. The highest BCUT2D eigenvalue weighted by Gasteiger charge is 2.13. The number of para-hydroxylation sites is 2. The number of nitro benzene ring substituents is 1. The van der Waals surface area contributed by atoms with Gasteiger partial charge in [-0.2, -0.15) is 0 Å². The molecule has 0 fully saturated rings. The Kier molecular flexibility index (Phi) is 5.49. The van der Waals surface area contributed by atoms with E-state index in [-0.39, 0.29) is 27.9 Å². The lowest BCUT2D eigenvalue weighted by atomic mass is 10.2. The third-order valence-electron chi connectivity index (χ3n) is 4.99. The van der Waals surface area contributed by atoms with Gasteiger partial charge in [0.05, 0.1) is 30.5 Å². The van der Waals surface area contributed by atoms with Crippen LogP contribution in [0.2, 0.25) is 10.0 Å². The molecule has 0 amide bonds. The number of nitro groups is 1. The first-order valence-electron chi connectivity index (χ1n) is 9.67. The Labute approximate surface area is 200 Å². The molecule has 3 aromatic carbocycles. The Morgan fingerprint density at radius 1 is 1.09 bits per heavy atom. The molecule has 0 radical (unpaired) electrons. The number of ether oxygens (including phenoxy) is 1. The monoisotopic (exact) mass is 497 g/mol. The maximum Gasteiger partial charge on any atom is 0.274 e. The van der Waals surface area contributed by atoms with Gasteiger partial charge < -0.3 is 4.74 Å². The van der Waals surface area contributed by atoms with Crippen molar-refractivity contribution in [2.24, 2.45) is 0 Å². The van der Waals surface area contributed by atoms with Gasteiger partial charge in [0.2, 0.25) is 0 Å². The summed E-state index contributed by atoms with van der Waals surface area (Å²) in [6, 6.07) is 16.8. The van der Waals surface area contributed by atoms with Crippen molar-refractivity contribution in [2.45, 2.75) is 6.61 Å². The van der Waals surface area contributed by atoms with Crippen LogP contribution >= 0.6 is 34.5 Å². The number of thiazole rings is 1. The molecule has 10 heteroatoms. The van der Waals surface area contributed by atoms with E-state index in [1.54, 1.807) is 34.7 Å². The van der Waals surface area contributed by atoms with Crippen LogP contribution < -0.4 is 14.8 Å². The predicted octanol–water partition coefficient (Wildman–Crippen LogP) is 5.25. The number of fused-ring (bicyclic) bond motifs is 3. The highest BCUT2D eigenvalue weighted by atomic mass is 35.5. The summed E-state index contributed by atoms with van der Waals surface area (Å²) in [4.78, 5) is 28.4. The minimum Gasteiger partial charge on any atom is -0.486 e. The summed E-state index contributed by atoms with van der Waals surface area (Å²) in [5.74, 6) is 0.295. The third-order valence-corrected chi connectivity index (χ3v) is 6.52. The number of imidazole rings is 1. The van der Waals surface area contributed by atoms with Crippen LogP contribution in [-0.4, -0.2) is 14.3 Å². The fourth-order valence-corrected chi connectivity index (χ4v) is 5.03. The zero-order valence-electron chi connectivity index (χ0n) is 16.7. The largest absolute Gasteiger partial charge is 0.486 e. The SMILES string of the molecule is O=c1c(=Cc2cc(Cl)c(OCc3ccc([N+](=O)[O-])cc3)c(Cl)c2)sc2nc3ccccc3n12. The van der Waals surface area contributed by atoms with Crippen molar-refractivity contribution < 1.29 is 9.66 Å². The lowest BCUT2D eigenvalue weighted by Gasteiger charge is -2.11. The van der Waals surface area contributed by atoms with Crippen LogP contribution in [0.1, 0.15) is 11.1 Å². The Bertz CT molecular complexity index is 1620. The van der Waals surface area contributed by atoms with Gasteiger partial charge in [0, 0.05) is 12.1 Å². The number of aromatic nitrogens is 2. The summed E-state index contributed by atoms with van der Waals surface area (Å²) < 4.78 is 7.85. The number of benzene rings is 3. The molecule has 0 bridgehead atoms. The molecule has 0 aliphatic heterocycles. The zero-order valence-corrected chi connectivity index (χ0v) is 19.0. The summed E-state index contributed by atoms with van der Waals surface area (Å²) in [5.41, 5.74) is 2.76. The summed E-state index contributed by atoms with van der Waals surface area (Å²) in [7, 11) is 0. The predicted molar refractivity (Wildman–Crippen MR) is 130 cm³/mol. The topological polar surface area (TPSA) is 86.7 Å². The molecule has 0 unspecified atom stereocenters. The van der Waals surface area contributed by atoms with E-state index in [4.69, 9.17) is 27.9 Å². The van der Waals surface area contributed by atoms with Crippen molar-refractivity contribution in [3.63, 3.8) is 0 Å². The molecule has 0 aliphatic rings. The standard InChI is InChI=1S/C23H13Cl2N3O4S/c24-16-9-14(10-17(25)21(16)32-12-13-5-7-15(8-6-13)28(30)31)11-20-22(29)27-19-4-2-1-3-18(19)26-23(27)33-20/h1-11H,12H2. The fraction of sp³-hybridized carbons (Fsp3) is 0.0435. The number of rotatable bonds is 5. The third kappa shape index (κ3) is 4.04. The number of hydrogen-bond acceptors (Lipinski definition) is 6. The van der Waals surface area contributed by atoms with Gasteiger partial charge in [0.25, 0.3) is 11.2 Å². The van der Waals surface area contributed by atoms with Crippen LogP contribution in [0.4, 0.5) is 5.69 Å². The van der Waals surface area contributed by atoms with Crippen LogP contribution in [0.3, 0.4) is 0 Å². The molecule has 0 spiro atoms. The van der Waals surface area contributed by atoms with Gasteiger partial charge in [-0.05, 0) is 53.6 Å². The Balaban J connectivity index is 1.44. The smallest absolute Gasteiger partial charge is 0.274 e. The first-order valence-corrected chi connectivity index (χ1v) is 11.2. The second-order valence-corrected chi connectivity index (χ2v) is 8.98. The Morgan fingerprint density at radius 2 is 1.79 bits per heavy atom. The molecule has 0 atom stereocenters. The van der Waals surface area contributed by atoms with E-state index in [0.29, 0.717) is 20.8 Å². The van der Waals surface area contributed by atoms with E-state index in [0.717, 1.165) is 16.6 Å². The van der Waals surface area contributed by atoms with E-state index in [2.05, 4.69) is 4.98 Å². The minimum atomic E-state index is -0.464.